The van der Waals surface area contributed by atoms with Crippen LogP contribution in [-0.2, 0) is 11.8 Å². The van der Waals surface area contributed by atoms with Gasteiger partial charge in [0, 0.05) is 5.54 Å². The second-order valence-corrected chi connectivity index (χ2v) is 6.58. The van der Waals surface area contributed by atoms with Gasteiger partial charge in [0.15, 0.2) is 0 Å². The van der Waals surface area contributed by atoms with Crippen molar-refractivity contribution in [1.82, 2.24) is 0 Å². The molecule has 0 amide bonds. The Morgan fingerprint density at radius 3 is 2.35 bits per heavy atom. The van der Waals surface area contributed by atoms with E-state index in [1.807, 2.05) is 6.07 Å². The molecule has 1 saturated carbocycles. The van der Waals surface area contributed by atoms with E-state index in [9.17, 15) is 5.11 Å². The van der Waals surface area contributed by atoms with E-state index in [1.54, 1.807) is 0 Å². The monoisotopic (exact) mass is 233 g/mol. The van der Waals surface area contributed by atoms with Gasteiger partial charge in [-0.2, -0.15) is 0 Å². The standard InChI is InChI=1S/C15H23NO/c1-10-7-12(14(2,3)4)13(17)8-11(10)9-15(16)5-6-15/h7-8,17H,5-6,9,16H2,1-4H3. The highest BCUT2D eigenvalue weighted by atomic mass is 16.3. The Morgan fingerprint density at radius 2 is 1.88 bits per heavy atom. The van der Waals surface area contributed by atoms with Gasteiger partial charge < -0.3 is 10.8 Å². The zero-order valence-corrected chi connectivity index (χ0v) is 11.3. The van der Waals surface area contributed by atoms with Gasteiger partial charge in [-0.3, -0.25) is 0 Å². The van der Waals surface area contributed by atoms with Crippen LogP contribution in [0.25, 0.3) is 0 Å². The van der Waals surface area contributed by atoms with Crippen molar-refractivity contribution in [3.8, 4) is 5.75 Å². The Balaban J connectivity index is 2.34. The van der Waals surface area contributed by atoms with Gasteiger partial charge in [-0.15, -0.1) is 0 Å². The molecule has 0 spiro atoms. The Bertz CT molecular complexity index is 439. The molecule has 1 fully saturated rings. The predicted molar refractivity (Wildman–Crippen MR) is 71.4 cm³/mol. The molecular weight excluding hydrogens is 210 g/mol. The van der Waals surface area contributed by atoms with Gasteiger partial charge in [-0.1, -0.05) is 26.8 Å². The van der Waals surface area contributed by atoms with Gasteiger partial charge in [0.25, 0.3) is 0 Å². The first-order valence-corrected chi connectivity index (χ1v) is 6.33. The quantitative estimate of drug-likeness (QED) is 0.824. The minimum Gasteiger partial charge on any atom is -0.508 e. The second kappa shape index (κ2) is 3.74. The molecule has 3 N–H and O–H groups in total. The topological polar surface area (TPSA) is 46.2 Å². The maximum Gasteiger partial charge on any atom is 0.119 e. The number of phenols is 1. The number of benzene rings is 1. The summed E-state index contributed by atoms with van der Waals surface area (Å²) in [4.78, 5) is 0. The van der Waals surface area contributed by atoms with Crippen LogP contribution in [0.4, 0.5) is 0 Å². The minimum atomic E-state index is -0.0205. The second-order valence-electron chi connectivity index (χ2n) is 6.58. The summed E-state index contributed by atoms with van der Waals surface area (Å²) in [6.45, 7) is 8.46. The van der Waals surface area contributed by atoms with E-state index < -0.39 is 0 Å². The van der Waals surface area contributed by atoms with Crippen molar-refractivity contribution in [3.63, 3.8) is 0 Å². The first-order chi connectivity index (χ1) is 7.71. The van der Waals surface area contributed by atoms with Gasteiger partial charge in [0.1, 0.15) is 5.75 Å². The Morgan fingerprint density at radius 1 is 1.29 bits per heavy atom. The van der Waals surface area contributed by atoms with Crippen molar-refractivity contribution < 1.29 is 5.11 Å². The van der Waals surface area contributed by atoms with E-state index in [1.165, 1.54) is 11.1 Å². The van der Waals surface area contributed by atoms with E-state index in [4.69, 9.17) is 5.73 Å². The van der Waals surface area contributed by atoms with Gasteiger partial charge in [-0.05, 0) is 54.4 Å². The number of nitrogens with two attached hydrogens (primary N) is 1. The van der Waals surface area contributed by atoms with E-state index in [2.05, 4.69) is 33.8 Å². The van der Waals surface area contributed by atoms with Gasteiger partial charge in [0.2, 0.25) is 0 Å². The highest BCUT2D eigenvalue weighted by Gasteiger charge is 2.38. The average molecular weight is 233 g/mol. The maximum atomic E-state index is 10.1. The van der Waals surface area contributed by atoms with Crippen LogP contribution in [0.3, 0.4) is 0 Å². The van der Waals surface area contributed by atoms with Gasteiger partial charge in [-0.25, -0.2) is 0 Å². The first kappa shape index (κ1) is 12.4. The van der Waals surface area contributed by atoms with Crippen LogP contribution in [-0.4, -0.2) is 10.6 Å². The van der Waals surface area contributed by atoms with E-state index in [0.717, 1.165) is 24.8 Å². The molecule has 1 aromatic carbocycles. The summed E-state index contributed by atoms with van der Waals surface area (Å²) in [7, 11) is 0. The third-order valence-corrected chi connectivity index (χ3v) is 3.70. The lowest BCUT2D eigenvalue weighted by atomic mass is 9.84. The van der Waals surface area contributed by atoms with Crippen LogP contribution < -0.4 is 5.73 Å². The van der Waals surface area contributed by atoms with Gasteiger partial charge >= 0.3 is 0 Å². The fraction of sp³-hybridized carbons (Fsp3) is 0.600. The highest BCUT2D eigenvalue weighted by Crippen LogP contribution is 2.39. The van der Waals surface area contributed by atoms with Crippen LogP contribution in [0.1, 0.15) is 50.3 Å². The molecule has 1 aromatic rings. The molecule has 1 aliphatic rings. The van der Waals surface area contributed by atoms with E-state index in [-0.39, 0.29) is 11.0 Å². The molecule has 0 heterocycles. The van der Waals surface area contributed by atoms with E-state index in [0.29, 0.717) is 5.75 Å². The van der Waals surface area contributed by atoms with Crippen molar-refractivity contribution in [1.29, 1.82) is 0 Å². The number of phenolic OH excluding ortho intramolecular Hbond substituents is 1. The summed E-state index contributed by atoms with van der Waals surface area (Å²) >= 11 is 0. The van der Waals surface area contributed by atoms with Crippen molar-refractivity contribution in [3.05, 3.63) is 28.8 Å². The fourth-order valence-corrected chi connectivity index (χ4v) is 2.25. The molecule has 2 rings (SSSR count). The lowest BCUT2D eigenvalue weighted by Crippen LogP contribution is -2.25. The van der Waals surface area contributed by atoms with Crippen molar-refractivity contribution in [2.24, 2.45) is 5.73 Å². The number of rotatable bonds is 2. The van der Waals surface area contributed by atoms with Crippen molar-refractivity contribution in [2.45, 2.75) is 57.9 Å². The Hall–Kier alpha value is -1.02. The normalized spacial score (nSPS) is 18.2. The molecule has 0 radical (unpaired) electrons. The zero-order valence-electron chi connectivity index (χ0n) is 11.3. The molecule has 2 heteroatoms. The summed E-state index contributed by atoms with van der Waals surface area (Å²) in [5, 5.41) is 10.1. The van der Waals surface area contributed by atoms with Crippen LogP contribution in [0, 0.1) is 6.92 Å². The molecule has 0 aromatic heterocycles. The van der Waals surface area contributed by atoms with Crippen LogP contribution in [0.15, 0.2) is 12.1 Å². The molecule has 0 unspecified atom stereocenters. The minimum absolute atomic E-state index is 0.000446. The predicted octanol–water partition coefficient (Wildman–Crippen LogP) is 3.03. The number of hydrogen-bond acceptors (Lipinski definition) is 2. The SMILES string of the molecule is Cc1cc(C(C)(C)C)c(O)cc1CC1(N)CC1. The summed E-state index contributed by atoms with van der Waals surface area (Å²) in [6.07, 6.45) is 3.10. The molecule has 0 saturated heterocycles. The maximum absolute atomic E-state index is 10.1. The van der Waals surface area contributed by atoms with Crippen LogP contribution >= 0.6 is 0 Å². The summed E-state index contributed by atoms with van der Waals surface area (Å²) in [5.74, 6) is 0.405. The largest absolute Gasteiger partial charge is 0.508 e. The van der Waals surface area contributed by atoms with Gasteiger partial charge in [0.05, 0.1) is 0 Å². The first-order valence-electron chi connectivity index (χ1n) is 6.33. The molecule has 17 heavy (non-hydrogen) atoms. The lowest BCUT2D eigenvalue weighted by molar-refractivity contribution is 0.445. The van der Waals surface area contributed by atoms with Crippen LogP contribution in [0.5, 0.6) is 5.75 Å². The molecule has 1 aliphatic carbocycles. The average Bonchev–Trinajstić information content (AvgIpc) is 2.87. The van der Waals surface area contributed by atoms with Crippen LogP contribution in [0.2, 0.25) is 0 Å². The van der Waals surface area contributed by atoms with E-state index >= 15 is 0 Å². The number of aromatic hydroxyl groups is 1. The summed E-state index contributed by atoms with van der Waals surface area (Å²) in [5.41, 5.74) is 9.56. The number of hydrogen-bond donors (Lipinski definition) is 2. The Labute approximate surface area is 104 Å². The summed E-state index contributed by atoms with van der Waals surface area (Å²) in [6, 6.07) is 4.01. The van der Waals surface area contributed by atoms with Crippen molar-refractivity contribution >= 4 is 0 Å². The fourth-order valence-electron chi connectivity index (χ4n) is 2.25. The molecule has 0 bridgehead atoms. The third-order valence-electron chi connectivity index (χ3n) is 3.70. The lowest BCUT2D eigenvalue weighted by Gasteiger charge is -2.23. The highest BCUT2D eigenvalue weighted by molar-refractivity contribution is 5.45. The molecule has 94 valence electrons. The van der Waals surface area contributed by atoms with Crippen molar-refractivity contribution in [2.75, 3.05) is 0 Å². The molecule has 0 aliphatic heterocycles. The smallest absolute Gasteiger partial charge is 0.119 e. The summed E-state index contributed by atoms with van der Waals surface area (Å²) < 4.78 is 0. The third kappa shape index (κ3) is 2.63. The molecular formula is C15H23NO. The number of aryl methyl sites for hydroxylation is 1. The Kier molecular flexibility index (Phi) is 2.74. The molecule has 2 nitrogen and oxygen atoms in total. The zero-order chi connectivity index (χ0) is 12.8. The molecule has 0 atom stereocenters.